The first kappa shape index (κ1) is 14.7. The van der Waals surface area contributed by atoms with Crippen LogP contribution in [0.25, 0.3) is 10.4 Å². The van der Waals surface area contributed by atoms with Crippen molar-refractivity contribution in [3.8, 4) is 0 Å². The fourth-order valence-electron chi connectivity index (χ4n) is 1.25. The molecule has 1 aromatic rings. The van der Waals surface area contributed by atoms with Gasteiger partial charge in [0.1, 0.15) is 5.69 Å². The number of rotatable bonds is 6. The lowest BCUT2D eigenvalue weighted by Crippen LogP contribution is -2.15. The van der Waals surface area contributed by atoms with Crippen LogP contribution in [-0.4, -0.2) is 30.2 Å². The first-order valence-electron chi connectivity index (χ1n) is 4.84. The predicted octanol–water partition coefficient (Wildman–Crippen LogP) is 1.49. The van der Waals surface area contributed by atoms with E-state index in [9.17, 15) is 23.1 Å². The van der Waals surface area contributed by atoms with Crippen LogP contribution in [0.4, 0.5) is 17.1 Å². The summed E-state index contributed by atoms with van der Waals surface area (Å²) in [6.07, 6.45) is 0. The maximum absolute atomic E-state index is 10.8. The van der Waals surface area contributed by atoms with Crippen molar-refractivity contribution in [1.29, 1.82) is 0 Å². The Labute approximate surface area is 107 Å². The van der Waals surface area contributed by atoms with Crippen LogP contribution in [0.5, 0.6) is 0 Å². The molecule has 19 heavy (non-hydrogen) atoms. The van der Waals surface area contributed by atoms with Gasteiger partial charge in [-0.05, 0) is 11.6 Å². The minimum Gasteiger partial charge on any atom is -0.748 e. The molecule has 0 amide bonds. The van der Waals surface area contributed by atoms with Gasteiger partial charge in [0.25, 0.3) is 5.69 Å². The van der Waals surface area contributed by atoms with Crippen molar-refractivity contribution >= 4 is 27.2 Å². The number of hydrogen-bond donors (Lipinski definition) is 1. The maximum atomic E-state index is 10.8. The van der Waals surface area contributed by atoms with Crippen molar-refractivity contribution < 1.29 is 17.9 Å². The zero-order chi connectivity index (χ0) is 14.5. The van der Waals surface area contributed by atoms with Crippen LogP contribution in [-0.2, 0) is 10.1 Å². The average molecular weight is 286 g/mol. The molecule has 0 saturated carbocycles. The summed E-state index contributed by atoms with van der Waals surface area (Å²) in [5.74, 6) is -0.692. The second-order valence-corrected chi connectivity index (χ2v) is 4.86. The van der Waals surface area contributed by atoms with E-state index in [4.69, 9.17) is 5.53 Å². The summed E-state index contributed by atoms with van der Waals surface area (Å²) in [6.45, 7) is -0.256. The van der Waals surface area contributed by atoms with Crippen molar-refractivity contribution in [2.75, 3.05) is 17.6 Å². The third kappa shape index (κ3) is 4.79. The van der Waals surface area contributed by atoms with Crippen LogP contribution in [0.1, 0.15) is 0 Å². The Bertz CT molecular complexity index is 637. The van der Waals surface area contributed by atoms with E-state index < -0.39 is 20.8 Å². The molecule has 0 spiro atoms. The third-order valence-electron chi connectivity index (χ3n) is 2.01. The highest BCUT2D eigenvalue weighted by molar-refractivity contribution is 7.85. The quantitative estimate of drug-likeness (QED) is 0.208. The van der Waals surface area contributed by atoms with E-state index >= 15 is 0 Å². The summed E-state index contributed by atoms with van der Waals surface area (Å²) in [6, 6.07) is 3.62. The number of benzene rings is 1. The van der Waals surface area contributed by atoms with Gasteiger partial charge in [0.05, 0.1) is 20.8 Å². The molecule has 0 bridgehead atoms. The lowest BCUT2D eigenvalue weighted by atomic mass is 10.2. The van der Waals surface area contributed by atoms with Gasteiger partial charge >= 0.3 is 0 Å². The highest BCUT2D eigenvalue weighted by atomic mass is 32.2. The highest BCUT2D eigenvalue weighted by Gasteiger charge is 2.14. The summed E-state index contributed by atoms with van der Waals surface area (Å²) in [5.41, 5.74) is 7.92. The number of nitrogens with one attached hydrogen (secondary N) is 1. The number of anilines is 1. The van der Waals surface area contributed by atoms with E-state index in [1.54, 1.807) is 0 Å². The first-order chi connectivity index (χ1) is 8.83. The predicted molar refractivity (Wildman–Crippen MR) is 65.0 cm³/mol. The van der Waals surface area contributed by atoms with E-state index in [1.165, 1.54) is 12.1 Å². The number of nitrogens with zero attached hydrogens (tertiary/aromatic N) is 4. The molecule has 0 aromatic heterocycles. The number of nitro groups is 1. The van der Waals surface area contributed by atoms with Gasteiger partial charge in [0, 0.05) is 23.2 Å². The summed E-state index contributed by atoms with van der Waals surface area (Å²) >= 11 is 0. The Morgan fingerprint density at radius 1 is 1.47 bits per heavy atom. The Kier molecular flexibility index (Phi) is 4.64. The van der Waals surface area contributed by atoms with E-state index in [0.717, 1.165) is 6.07 Å². The summed E-state index contributed by atoms with van der Waals surface area (Å²) in [7, 11) is -4.39. The standard InChI is InChI=1S/C8H9N5O5S/c9-12-11-6-1-2-7(8(5-6)13(14)15)10-3-4-19(16,17)18/h1-2,5,10H,3-4H2,(H,16,17,18)/p-1. The van der Waals surface area contributed by atoms with E-state index in [0.29, 0.717) is 0 Å². The molecule has 0 aliphatic carbocycles. The molecule has 1 aromatic carbocycles. The minimum atomic E-state index is -4.39. The molecule has 0 saturated heterocycles. The third-order valence-corrected chi connectivity index (χ3v) is 2.71. The zero-order valence-electron chi connectivity index (χ0n) is 9.38. The van der Waals surface area contributed by atoms with Gasteiger partial charge in [-0.25, -0.2) is 8.42 Å². The molecular formula is C8H8N5O5S-. The zero-order valence-corrected chi connectivity index (χ0v) is 10.2. The van der Waals surface area contributed by atoms with E-state index in [1.807, 2.05) is 0 Å². The fourth-order valence-corrected chi connectivity index (χ4v) is 1.60. The SMILES string of the molecule is [N-]=[N+]=Nc1ccc(NCCS(=O)(=O)[O-])c([N+](=O)[O-])c1. The maximum Gasteiger partial charge on any atom is 0.292 e. The second kappa shape index (κ2) is 6.00. The summed E-state index contributed by atoms with van der Waals surface area (Å²) in [4.78, 5) is 12.6. The van der Waals surface area contributed by atoms with Gasteiger partial charge in [-0.2, -0.15) is 0 Å². The molecule has 11 heteroatoms. The number of hydrogen-bond acceptors (Lipinski definition) is 7. The molecule has 0 aliphatic rings. The molecule has 0 radical (unpaired) electrons. The fraction of sp³-hybridized carbons (Fsp3) is 0.250. The molecule has 102 valence electrons. The minimum absolute atomic E-state index is 0.0329. The van der Waals surface area contributed by atoms with E-state index in [-0.39, 0.29) is 23.6 Å². The monoisotopic (exact) mass is 286 g/mol. The van der Waals surface area contributed by atoms with Gasteiger partial charge in [-0.1, -0.05) is 11.2 Å². The van der Waals surface area contributed by atoms with Gasteiger partial charge in [-0.15, -0.1) is 0 Å². The van der Waals surface area contributed by atoms with Gasteiger partial charge in [-0.3, -0.25) is 10.1 Å². The van der Waals surface area contributed by atoms with Crippen LogP contribution in [0, 0.1) is 10.1 Å². The number of azide groups is 1. The van der Waals surface area contributed by atoms with Crippen LogP contribution in [0.2, 0.25) is 0 Å². The molecule has 0 aliphatic heterocycles. The van der Waals surface area contributed by atoms with Gasteiger partial charge < -0.3 is 9.87 Å². The molecular weight excluding hydrogens is 278 g/mol. The van der Waals surface area contributed by atoms with Crippen molar-refractivity contribution in [2.24, 2.45) is 5.11 Å². The Hall–Kier alpha value is -2.36. The summed E-state index contributed by atoms with van der Waals surface area (Å²) < 4.78 is 31.2. The van der Waals surface area contributed by atoms with Crippen LogP contribution in [0.15, 0.2) is 23.3 Å². The molecule has 1 rings (SSSR count). The van der Waals surface area contributed by atoms with E-state index in [2.05, 4.69) is 15.3 Å². The second-order valence-electron chi connectivity index (χ2n) is 3.34. The van der Waals surface area contributed by atoms with Crippen LogP contribution < -0.4 is 5.32 Å². The van der Waals surface area contributed by atoms with Crippen LogP contribution >= 0.6 is 0 Å². The summed E-state index contributed by atoms with van der Waals surface area (Å²) in [5, 5.41) is 16.5. The van der Waals surface area contributed by atoms with Crippen molar-refractivity contribution in [3.05, 3.63) is 38.8 Å². The molecule has 0 fully saturated rings. The van der Waals surface area contributed by atoms with Gasteiger partial charge in [0.15, 0.2) is 0 Å². The topological polar surface area (TPSA) is 161 Å². The number of nitro benzene ring substituents is 1. The Morgan fingerprint density at radius 2 is 2.16 bits per heavy atom. The average Bonchev–Trinajstić information content (AvgIpc) is 2.29. The van der Waals surface area contributed by atoms with Crippen molar-refractivity contribution in [3.63, 3.8) is 0 Å². The lowest BCUT2D eigenvalue weighted by Gasteiger charge is -2.09. The molecule has 0 atom stereocenters. The Morgan fingerprint density at radius 3 is 2.68 bits per heavy atom. The lowest BCUT2D eigenvalue weighted by molar-refractivity contribution is -0.383. The smallest absolute Gasteiger partial charge is 0.292 e. The largest absolute Gasteiger partial charge is 0.748 e. The Balaban J connectivity index is 2.94. The van der Waals surface area contributed by atoms with Crippen molar-refractivity contribution in [2.45, 2.75) is 0 Å². The first-order valence-corrected chi connectivity index (χ1v) is 6.42. The van der Waals surface area contributed by atoms with Crippen molar-refractivity contribution in [1.82, 2.24) is 0 Å². The van der Waals surface area contributed by atoms with Gasteiger partial charge in [0.2, 0.25) is 0 Å². The van der Waals surface area contributed by atoms with Crippen LogP contribution in [0.3, 0.4) is 0 Å². The molecule has 0 heterocycles. The highest BCUT2D eigenvalue weighted by Crippen LogP contribution is 2.29. The normalized spacial score (nSPS) is 10.6. The molecule has 1 N–H and O–H groups in total. The molecule has 0 unspecified atom stereocenters. The molecule has 10 nitrogen and oxygen atoms in total.